The summed E-state index contributed by atoms with van der Waals surface area (Å²) >= 11 is 0. The Labute approximate surface area is 114 Å². The second-order valence-corrected chi connectivity index (χ2v) is 5.03. The highest BCUT2D eigenvalue weighted by atomic mass is 19.4. The monoisotopic (exact) mass is 282 g/mol. The summed E-state index contributed by atoms with van der Waals surface area (Å²) in [7, 11) is 0. The number of carboxylic acid groups (broad SMARTS) is 1. The van der Waals surface area contributed by atoms with E-state index in [0.29, 0.717) is 11.1 Å². The average molecular weight is 282 g/mol. The first kappa shape index (κ1) is 14.4. The zero-order valence-corrected chi connectivity index (χ0v) is 10.7. The third kappa shape index (κ3) is 2.76. The Kier molecular flexibility index (Phi) is 3.46. The average Bonchev–Trinajstić information content (AvgIpc) is 2.38. The Morgan fingerprint density at radius 2 is 1.85 bits per heavy atom. The van der Waals surface area contributed by atoms with E-state index in [2.05, 4.69) is 0 Å². The fourth-order valence-corrected chi connectivity index (χ4v) is 2.21. The molecule has 1 aliphatic carbocycles. The molecule has 5 heteroatoms. The molecule has 1 N–H and O–H groups in total. The molecule has 0 fully saturated rings. The van der Waals surface area contributed by atoms with Crippen molar-refractivity contribution in [1.29, 1.82) is 0 Å². The van der Waals surface area contributed by atoms with Crippen LogP contribution in [0.5, 0.6) is 0 Å². The lowest BCUT2D eigenvalue weighted by molar-refractivity contribution is -0.145. The molecule has 0 bridgehead atoms. The number of halogens is 3. The van der Waals surface area contributed by atoms with Crippen LogP contribution in [-0.4, -0.2) is 17.3 Å². The molecule has 0 saturated heterocycles. The van der Waals surface area contributed by atoms with Crippen LogP contribution in [0.4, 0.5) is 13.2 Å². The van der Waals surface area contributed by atoms with Gasteiger partial charge in [0.05, 0.1) is 11.0 Å². The van der Waals surface area contributed by atoms with Gasteiger partial charge in [-0.1, -0.05) is 36.4 Å². The number of benzene rings is 1. The molecule has 0 aromatic heterocycles. The second-order valence-electron chi connectivity index (χ2n) is 5.03. The number of carbonyl (C=O) groups is 1. The van der Waals surface area contributed by atoms with Crippen LogP contribution in [0.3, 0.4) is 0 Å². The summed E-state index contributed by atoms with van der Waals surface area (Å²) in [6, 6.07) is 8.52. The minimum atomic E-state index is -4.56. The SMILES string of the molecule is CC1(C(=O)O)C=C(C(F)(F)F)C=C(c2ccccc2)C1. The van der Waals surface area contributed by atoms with Gasteiger partial charge < -0.3 is 5.11 Å². The van der Waals surface area contributed by atoms with E-state index >= 15 is 0 Å². The van der Waals surface area contributed by atoms with Gasteiger partial charge in [0.1, 0.15) is 0 Å². The van der Waals surface area contributed by atoms with Crippen molar-refractivity contribution in [1.82, 2.24) is 0 Å². The molecular weight excluding hydrogens is 269 g/mol. The number of carboxylic acids is 1. The van der Waals surface area contributed by atoms with Gasteiger partial charge in [-0.15, -0.1) is 0 Å². The fraction of sp³-hybridized carbons (Fsp3) is 0.267. The molecule has 1 unspecified atom stereocenters. The summed E-state index contributed by atoms with van der Waals surface area (Å²) in [6.07, 6.45) is -2.70. The molecule has 0 spiro atoms. The van der Waals surface area contributed by atoms with Crippen molar-refractivity contribution >= 4 is 11.5 Å². The summed E-state index contributed by atoms with van der Waals surface area (Å²) in [4.78, 5) is 11.3. The molecule has 0 radical (unpaired) electrons. The van der Waals surface area contributed by atoms with Crippen molar-refractivity contribution in [3.63, 3.8) is 0 Å². The number of allylic oxidation sites excluding steroid dienone is 3. The van der Waals surface area contributed by atoms with Crippen LogP contribution in [0.2, 0.25) is 0 Å². The highest BCUT2D eigenvalue weighted by Gasteiger charge is 2.42. The highest BCUT2D eigenvalue weighted by Crippen LogP contribution is 2.42. The smallest absolute Gasteiger partial charge is 0.416 e. The molecule has 1 aliphatic rings. The lowest BCUT2D eigenvalue weighted by atomic mass is 9.76. The number of hydrogen-bond donors (Lipinski definition) is 1. The molecule has 0 saturated carbocycles. The largest absolute Gasteiger partial charge is 0.481 e. The normalized spacial score (nSPS) is 23.0. The molecule has 20 heavy (non-hydrogen) atoms. The molecule has 0 heterocycles. The third-order valence-electron chi connectivity index (χ3n) is 3.32. The Morgan fingerprint density at radius 1 is 1.25 bits per heavy atom. The van der Waals surface area contributed by atoms with Crippen LogP contribution in [-0.2, 0) is 4.79 Å². The fourth-order valence-electron chi connectivity index (χ4n) is 2.21. The van der Waals surface area contributed by atoms with Gasteiger partial charge in [0.15, 0.2) is 0 Å². The van der Waals surface area contributed by atoms with Crippen LogP contribution in [0.1, 0.15) is 18.9 Å². The minimum Gasteiger partial charge on any atom is -0.481 e. The van der Waals surface area contributed by atoms with Crippen LogP contribution in [0.15, 0.2) is 48.1 Å². The molecule has 2 rings (SSSR count). The van der Waals surface area contributed by atoms with E-state index in [9.17, 15) is 23.1 Å². The molecule has 2 nitrogen and oxygen atoms in total. The van der Waals surface area contributed by atoms with Crippen LogP contribution >= 0.6 is 0 Å². The van der Waals surface area contributed by atoms with E-state index in [1.54, 1.807) is 30.3 Å². The van der Waals surface area contributed by atoms with Gasteiger partial charge in [-0.05, 0) is 30.6 Å². The van der Waals surface area contributed by atoms with Gasteiger partial charge in [-0.3, -0.25) is 4.79 Å². The summed E-state index contributed by atoms with van der Waals surface area (Å²) in [5.74, 6) is -1.26. The van der Waals surface area contributed by atoms with Crippen LogP contribution in [0, 0.1) is 5.41 Å². The van der Waals surface area contributed by atoms with Gasteiger partial charge in [0.25, 0.3) is 0 Å². The summed E-state index contributed by atoms with van der Waals surface area (Å²) in [5, 5.41) is 9.21. The Bertz CT molecular complexity index is 585. The quantitative estimate of drug-likeness (QED) is 0.888. The molecule has 0 amide bonds. The molecule has 106 valence electrons. The zero-order chi connectivity index (χ0) is 15.0. The molecule has 1 aromatic carbocycles. The lowest BCUT2D eigenvalue weighted by Gasteiger charge is -2.28. The van der Waals surface area contributed by atoms with Crippen LogP contribution in [0.25, 0.3) is 5.57 Å². The second kappa shape index (κ2) is 4.81. The predicted molar refractivity (Wildman–Crippen MR) is 68.9 cm³/mol. The maximum absolute atomic E-state index is 12.9. The van der Waals surface area contributed by atoms with E-state index in [4.69, 9.17) is 0 Å². The van der Waals surface area contributed by atoms with Gasteiger partial charge in [0, 0.05) is 0 Å². The Balaban J connectivity index is 2.52. The Hall–Kier alpha value is -2.04. The first-order valence-corrected chi connectivity index (χ1v) is 6.02. The van der Waals surface area contributed by atoms with Crippen LogP contribution < -0.4 is 0 Å². The first-order valence-electron chi connectivity index (χ1n) is 6.02. The van der Waals surface area contributed by atoms with Gasteiger partial charge >= 0.3 is 12.1 Å². The first-order chi connectivity index (χ1) is 9.22. The number of alkyl halides is 3. The van der Waals surface area contributed by atoms with E-state index in [1.165, 1.54) is 6.92 Å². The lowest BCUT2D eigenvalue weighted by Crippen LogP contribution is -2.30. The minimum absolute atomic E-state index is 0.0337. The van der Waals surface area contributed by atoms with E-state index in [1.807, 2.05) is 0 Å². The van der Waals surface area contributed by atoms with Crippen molar-refractivity contribution in [2.24, 2.45) is 5.41 Å². The van der Waals surface area contributed by atoms with Gasteiger partial charge in [-0.25, -0.2) is 0 Å². The maximum atomic E-state index is 12.9. The van der Waals surface area contributed by atoms with Gasteiger partial charge in [0.2, 0.25) is 0 Å². The molecular formula is C15H13F3O2. The molecule has 1 atom stereocenters. The summed E-state index contributed by atoms with van der Waals surface area (Å²) in [6.45, 7) is 1.30. The van der Waals surface area contributed by atoms with Crippen molar-refractivity contribution in [3.05, 3.63) is 53.6 Å². The van der Waals surface area contributed by atoms with E-state index in [-0.39, 0.29) is 6.42 Å². The summed E-state index contributed by atoms with van der Waals surface area (Å²) < 4.78 is 38.8. The Morgan fingerprint density at radius 3 is 2.35 bits per heavy atom. The van der Waals surface area contributed by atoms with E-state index in [0.717, 1.165) is 12.2 Å². The third-order valence-corrected chi connectivity index (χ3v) is 3.32. The zero-order valence-electron chi connectivity index (χ0n) is 10.7. The van der Waals surface area contributed by atoms with Crippen molar-refractivity contribution in [3.8, 4) is 0 Å². The van der Waals surface area contributed by atoms with Crippen molar-refractivity contribution in [2.45, 2.75) is 19.5 Å². The standard InChI is InChI=1S/C15H13F3O2/c1-14(13(19)20)8-11(10-5-3-2-4-6-10)7-12(9-14)15(16,17)18/h2-7,9H,8H2,1H3,(H,19,20). The predicted octanol–water partition coefficient (Wildman–Crippen LogP) is 4.05. The summed E-state index contributed by atoms with van der Waals surface area (Å²) in [5.41, 5.74) is -1.47. The topological polar surface area (TPSA) is 37.3 Å². The van der Waals surface area contributed by atoms with Crippen molar-refractivity contribution in [2.75, 3.05) is 0 Å². The maximum Gasteiger partial charge on any atom is 0.416 e. The van der Waals surface area contributed by atoms with E-state index < -0.39 is 23.1 Å². The number of aliphatic carboxylic acids is 1. The van der Waals surface area contributed by atoms with Crippen molar-refractivity contribution < 1.29 is 23.1 Å². The number of hydrogen-bond acceptors (Lipinski definition) is 1. The number of rotatable bonds is 2. The van der Waals surface area contributed by atoms with Gasteiger partial charge in [-0.2, -0.15) is 13.2 Å². The molecule has 0 aliphatic heterocycles. The highest BCUT2D eigenvalue weighted by molar-refractivity contribution is 5.83. The molecule has 1 aromatic rings.